The molecule has 0 aliphatic rings. The molecule has 0 radical (unpaired) electrons. The Morgan fingerprint density at radius 1 is 1.03 bits per heavy atom. The van der Waals surface area contributed by atoms with Crippen LogP contribution in [0.4, 0.5) is 5.95 Å². The Bertz CT molecular complexity index is 950. The van der Waals surface area contributed by atoms with Crippen LogP contribution in [0.25, 0.3) is 11.5 Å². The molecule has 0 aliphatic heterocycles. The van der Waals surface area contributed by atoms with Crippen LogP contribution in [0.5, 0.6) is 0 Å². The number of methoxy groups -OCH3 is 3. The van der Waals surface area contributed by atoms with Crippen molar-refractivity contribution < 1.29 is 14.2 Å². The maximum Gasteiger partial charge on any atom is 0.235 e. The van der Waals surface area contributed by atoms with Crippen LogP contribution in [0.2, 0.25) is 0 Å². The largest absolute Gasteiger partial charge is 0.382 e. The topological polar surface area (TPSA) is 109 Å². The fourth-order valence-corrected chi connectivity index (χ4v) is 4.01. The van der Waals surface area contributed by atoms with Gasteiger partial charge in [-0.25, -0.2) is 9.97 Å². The van der Waals surface area contributed by atoms with Gasteiger partial charge in [0.05, 0.1) is 24.5 Å². The Morgan fingerprint density at radius 3 is 2.34 bits per heavy atom. The SMILES string of the molecule is COCC(COC)n1c(NS[C@@H](C)[C@H](OC)c2ncc(C)cn2)nnc1-c1ccccn1. The molecule has 172 valence electrons. The van der Waals surface area contributed by atoms with Gasteiger partial charge >= 0.3 is 0 Å². The Morgan fingerprint density at radius 2 is 1.75 bits per heavy atom. The van der Waals surface area contributed by atoms with Crippen LogP contribution in [0, 0.1) is 6.92 Å². The van der Waals surface area contributed by atoms with Gasteiger partial charge in [0, 0.05) is 39.9 Å². The third kappa shape index (κ3) is 5.80. The highest BCUT2D eigenvalue weighted by Gasteiger charge is 2.26. The molecule has 0 aliphatic carbocycles. The molecule has 0 bridgehead atoms. The van der Waals surface area contributed by atoms with Crippen molar-refractivity contribution in [1.82, 2.24) is 29.7 Å². The lowest BCUT2D eigenvalue weighted by molar-refractivity contribution is 0.0908. The number of hydrogen-bond donors (Lipinski definition) is 1. The van der Waals surface area contributed by atoms with E-state index in [0.717, 1.165) is 5.56 Å². The van der Waals surface area contributed by atoms with E-state index in [2.05, 4.69) is 29.9 Å². The zero-order valence-electron chi connectivity index (χ0n) is 18.9. The Balaban J connectivity index is 1.85. The van der Waals surface area contributed by atoms with Crippen LogP contribution in [-0.2, 0) is 14.2 Å². The highest BCUT2D eigenvalue weighted by molar-refractivity contribution is 8.01. The predicted molar refractivity (Wildman–Crippen MR) is 123 cm³/mol. The first kappa shape index (κ1) is 24.1. The smallest absolute Gasteiger partial charge is 0.235 e. The molecular weight excluding hydrogens is 430 g/mol. The maximum atomic E-state index is 5.68. The zero-order chi connectivity index (χ0) is 22.9. The third-order valence-corrected chi connectivity index (χ3v) is 5.66. The van der Waals surface area contributed by atoms with Crippen LogP contribution in [0.3, 0.4) is 0 Å². The second-order valence-corrected chi connectivity index (χ2v) is 8.38. The molecule has 0 spiro atoms. The summed E-state index contributed by atoms with van der Waals surface area (Å²) in [4.78, 5) is 13.3. The normalized spacial score (nSPS) is 13.3. The molecule has 32 heavy (non-hydrogen) atoms. The maximum absolute atomic E-state index is 5.68. The first-order chi connectivity index (χ1) is 15.6. The molecular formula is C21H29N7O3S. The van der Waals surface area contributed by atoms with Crippen molar-refractivity contribution >= 4 is 17.9 Å². The lowest BCUT2D eigenvalue weighted by Crippen LogP contribution is -2.23. The van der Waals surface area contributed by atoms with E-state index in [9.17, 15) is 0 Å². The van der Waals surface area contributed by atoms with Gasteiger partial charge in [-0.3, -0.25) is 14.3 Å². The van der Waals surface area contributed by atoms with Crippen molar-refractivity contribution in [2.75, 3.05) is 39.3 Å². The second-order valence-electron chi connectivity index (χ2n) is 7.20. The summed E-state index contributed by atoms with van der Waals surface area (Å²) in [7, 11) is 4.96. The number of aryl methyl sites for hydroxylation is 1. The number of anilines is 1. The fourth-order valence-electron chi connectivity index (χ4n) is 3.22. The van der Waals surface area contributed by atoms with Crippen molar-refractivity contribution in [3.8, 4) is 11.5 Å². The van der Waals surface area contributed by atoms with Gasteiger partial charge in [0.15, 0.2) is 11.6 Å². The fraction of sp³-hybridized carbons (Fsp3) is 0.476. The highest BCUT2D eigenvalue weighted by Crippen LogP contribution is 2.30. The average molecular weight is 460 g/mol. The van der Waals surface area contributed by atoms with Gasteiger partial charge in [-0.1, -0.05) is 6.07 Å². The molecule has 0 unspecified atom stereocenters. The van der Waals surface area contributed by atoms with E-state index in [1.807, 2.05) is 36.6 Å². The van der Waals surface area contributed by atoms with Crippen LogP contribution >= 0.6 is 11.9 Å². The van der Waals surface area contributed by atoms with E-state index >= 15 is 0 Å². The highest BCUT2D eigenvalue weighted by atomic mass is 32.2. The summed E-state index contributed by atoms with van der Waals surface area (Å²) in [6.45, 7) is 4.85. The molecule has 11 heteroatoms. The van der Waals surface area contributed by atoms with Gasteiger partial charge in [-0.15, -0.1) is 10.2 Å². The predicted octanol–water partition coefficient (Wildman–Crippen LogP) is 3.11. The van der Waals surface area contributed by atoms with Crippen LogP contribution in [0.15, 0.2) is 36.8 Å². The number of aromatic nitrogens is 6. The number of pyridine rings is 1. The minimum absolute atomic E-state index is 0.0190. The molecule has 3 rings (SSSR count). The molecule has 0 saturated heterocycles. The summed E-state index contributed by atoms with van der Waals surface area (Å²) in [5, 5.41) is 8.75. The monoisotopic (exact) mass is 459 g/mol. The van der Waals surface area contributed by atoms with E-state index < -0.39 is 0 Å². The summed E-state index contributed by atoms with van der Waals surface area (Å²) < 4.78 is 21.8. The van der Waals surface area contributed by atoms with Gasteiger partial charge in [0.1, 0.15) is 11.8 Å². The minimum Gasteiger partial charge on any atom is -0.382 e. The first-order valence-corrected chi connectivity index (χ1v) is 11.0. The zero-order valence-corrected chi connectivity index (χ0v) is 19.7. The summed E-state index contributed by atoms with van der Waals surface area (Å²) in [5.74, 6) is 1.83. The molecule has 3 heterocycles. The molecule has 3 aromatic rings. The Hall–Kier alpha value is -2.60. The van der Waals surface area contributed by atoms with Crippen molar-refractivity contribution in [2.24, 2.45) is 0 Å². The summed E-state index contributed by atoms with van der Waals surface area (Å²) in [6, 6.07) is 5.53. The molecule has 3 aromatic heterocycles. The van der Waals surface area contributed by atoms with Crippen molar-refractivity contribution in [2.45, 2.75) is 31.2 Å². The van der Waals surface area contributed by atoms with Crippen LogP contribution < -0.4 is 4.72 Å². The van der Waals surface area contributed by atoms with E-state index in [1.165, 1.54) is 11.9 Å². The summed E-state index contributed by atoms with van der Waals surface area (Å²) >= 11 is 1.46. The van der Waals surface area contributed by atoms with E-state index in [4.69, 9.17) is 14.2 Å². The van der Waals surface area contributed by atoms with E-state index in [1.54, 1.807) is 39.9 Å². The lowest BCUT2D eigenvalue weighted by Gasteiger charge is -2.23. The third-order valence-electron chi connectivity index (χ3n) is 4.74. The number of rotatable bonds is 12. The van der Waals surface area contributed by atoms with Crippen molar-refractivity contribution in [3.63, 3.8) is 0 Å². The Labute approximate surface area is 192 Å². The molecule has 0 saturated carbocycles. The van der Waals surface area contributed by atoms with E-state index in [0.29, 0.717) is 36.5 Å². The second kappa shape index (κ2) is 11.9. The minimum atomic E-state index is -0.298. The number of nitrogens with one attached hydrogen (secondary N) is 1. The summed E-state index contributed by atoms with van der Waals surface area (Å²) in [5.41, 5.74) is 1.71. The molecule has 0 aromatic carbocycles. The molecule has 0 amide bonds. The molecule has 10 nitrogen and oxygen atoms in total. The quantitative estimate of drug-likeness (QED) is 0.406. The van der Waals surface area contributed by atoms with Crippen LogP contribution in [-0.4, -0.2) is 69.5 Å². The van der Waals surface area contributed by atoms with Gasteiger partial charge in [-0.2, -0.15) is 0 Å². The lowest BCUT2D eigenvalue weighted by atomic mass is 10.2. The van der Waals surface area contributed by atoms with Crippen molar-refractivity contribution in [3.05, 3.63) is 48.2 Å². The molecule has 2 atom stereocenters. The van der Waals surface area contributed by atoms with Gasteiger partial charge in [-0.05, 0) is 43.5 Å². The van der Waals surface area contributed by atoms with Crippen molar-refractivity contribution in [1.29, 1.82) is 0 Å². The standard InChI is InChI=1S/C21H29N7O3S/c1-14-10-23-19(24-11-14)18(31-5)15(2)32-27-21-26-25-20(17-8-6-7-9-22-17)28(21)16(12-29-3)13-30-4/h6-11,15-16,18H,12-13H2,1-5H3,(H,26,27)/t15-,18-/m0/s1. The number of hydrogen-bond acceptors (Lipinski definition) is 10. The van der Waals surface area contributed by atoms with Crippen LogP contribution in [0.1, 0.15) is 30.5 Å². The number of ether oxygens (including phenoxy) is 3. The van der Waals surface area contributed by atoms with Gasteiger partial charge in [0.2, 0.25) is 5.95 Å². The Kier molecular flexibility index (Phi) is 8.91. The molecule has 1 N–H and O–H groups in total. The average Bonchev–Trinajstić information content (AvgIpc) is 3.23. The number of nitrogens with zero attached hydrogens (tertiary/aromatic N) is 6. The van der Waals surface area contributed by atoms with Gasteiger partial charge < -0.3 is 14.2 Å². The van der Waals surface area contributed by atoms with Gasteiger partial charge in [0.25, 0.3) is 0 Å². The first-order valence-electron chi connectivity index (χ1n) is 10.2. The molecule has 0 fully saturated rings. The van der Waals surface area contributed by atoms with E-state index in [-0.39, 0.29) is 17.4 Å². The summed E-state index contributed by atoms with van der Waals surface area (Å²) in [6.07, 6.45) is 5.00.